The van der Waals surface area contributed by atoms with Crippen LogP contribution in [-0.2, 0) is 16.0 Å². The minimum Gasteiger partial charge on any atom is -0.462 e. The fraction of sp³-hybridized carbons (Fsp3) is 0.611. The van der Waals surface area contributed by atoms with Gasteiger partial charge in [-0.25, -0.2) is 4.79 Å². The van der Waals surface area contributed by atoms with Crippen molar-refractivity contribution in [1.82, 2.24) is 0 Å². The molecule has 1 aliphatic heterocycles. The molecule has 0 spiro atoms. The number of esters is 1. The van der Waals surface area contributed by atoms with Crippen molar-refractivity contribution in [3.8, 4) is 0 Å². The Bertz CT molecular complexity index is 550. The van der Waals surface area contributed by atoms with Crippen LogP contribution in [0, 0.1) is 0 Å². The van der Waals surface area contributed by atoms with Gasteiger partial charge in [-0.3, -0.25) is 0 Å². The first-order valence-corrected chi connectivity index (χ1v) is 9.30. The number of ether oxygens (including phenoxy) is 1. The van der Waals surface area contributed by atoms with Gasteiger partial charge in [0.25, 0.3) is 0 Å². The summed E-state index contributed by atoms with van der Waals surface area (Å²) in [5, 5.41) is 10.1. The predicted molar refractivity (Wildman–Crippen MR) is 96.7 cm³/mol. The molecule has 0 saturated heterocycles. The standard InChI is InChI=1S/C18H26BClO4/c1-2-3-4-5-6-7-8-9-10-23-18(21)15-12-16-14(11-17(15)20)13-24-19(16)22/h11-12,22H,2-10,13H2,1H3. The van der Waals surface area contributed by atoms with Crippen LogP contribution >= 0.6 is 11.6 Å². The van der Waals surface area contributed by atoms with Crippen molar-refractivity contribution in [3.63, 3.8) is 0 Å². The van der Waals surface area contributed by atoms with Crippen LogP contribution in [0.4, 0.5) is 0 Å². The van der Waals surface area contributed by atoms with Crippen molar-refractivity contribution in [2.45, 2.75) is 64.9 Å². The number of rotatable bonds is 10. The maximum absolute atomic E-state index is 12.2. The second-order valence-corrected chi connectivity index (χ2v) is 6.71. The molecule has 1 aromatic rings. The summed E-state index contributed by atoms with van der Waals surface area (Å²) in [5.41, 5.74) is 1.70. The average molecular weight is 353 g/mol. The second kappa shape index (κ2) is 10.1. The number of hydrogen-bond donors (Lipinski definition) is 1. The number of carbonyl (C=O) groups is 1. The van der Waals surface area contributed by atoms with Crippen LogP contribution in [0.5, 0.6) is 0 Å². The summed E-state index contributed by atoms with van der Waals surface area (Å²) in [6.45, 7) is 2.93. The molecule has 0 amide bonds. The normalized spacial score (nSPS) is 13.2. The first kappa shape index (κ1) is 19.3. The van der Waals surface area contributed by atoms with Crippen molar-refractivity contribution in [1.29, 1.82) is 0 Å². The molecule has 0 atom stereocenters. The number of benzene rings is 1. The summed E-state index contributed by atoms with van der Waals surface area (Å²) in [6, 6.07) is 3.24. The Balaban J connectivity index is 1.69. The van der Waals surface area contributed by atoms with Crippen molar-refractivity contribution in [3.05, 3.63) is 28.3 Å². The van der Waals surface area contributed by atoms with E-state index in [4.69, 9.17) is 21.0 Å². The summed E-state index contributed by atoms with van der Waals surface area (Å²) in [6.07, 6.45) is 9.58. The van der Waals surface area contributed by atoms with E-state index < -0.39 is 13.1 Å². The highest BCUT2D eigenvalue weighted by molar-refractivity contribution is 6.61. The molecule has 1 aromatic carbocycles. The van der Waals surface area contributed by atoms with E-state index in [1.807, 2.05) is 0 Å². The molecule has 0 fully saturated rings. The summed E-state index contributed by atoms with van der Waals surface area (Å²) in [5.74, 6) is -0.440. The second-order valence-electron chi connectivity index (χ2n) is 6.31. The predicted octanol–water partition coefficient (Wildman–Crippen LogP) is 3.86. The number of hydrogen-bond acceptors (Lipinski definition) is 4. The Morgan fingerprint density at radius 2 is 1.88 bits per heavy atom. The molecule has 24 heavy (non-hydrogen) atoms. The molecule has 6 heteroatoms. The van der Waals surface area contributed by atoms with E-state index in [9.17, 15) is 9.82 Å². The van der Waals surface area contributed by atoms with Crippen molar-refractivity contribution >= 4 is 30.2 Å². The molecule has 0 unspecified atom stereocenters. The molecule has 2 rings (SSSR count). The molecule has 132 valence electrons. The molecule has 1 N–H and O–H groups in total. The van der Waals surface area contributed by atoms with Crippen LogP contribution in [0.3, 0.4) is 0 Å². The van der Waals surface area contributed by atoms with Crippen LogP contribution in [-0.4, -0.2) is 24.7 Å². The third-order valence-electron chi connectivity index (χ3n) is 4.34. The Kier molecular flexibility index (Phi) is 8.09. The maximum atomic E-state index is 12.2. The van der Waals surface area contributed by atoms with E-state index in [0.717, 1.165) is 18.4 Å². The molecule has 4 nitrogen and oxygen atoms in total. The summed E-state index contributed by atoms with van der Waals surface area (Å²) in [7, 11) is -0.989. The Hall–Kier alpha value is -1.04. The van der Waals surface area contributed by atoms with Gasteiger partial charge in [-0.2, -0.15) is 0 Å². The van der Waals surface area contributed by atoms with E-state index in [1.54, 1.807) is 12.1 Å². The van der Waals surface area contributed by atoms with E-state index in [1.165, 1.54) is 38.5 Å². The monoisotopic (exact) mass is 352 g/mol. The first-order valence-electron chi connectivity index (χ1n) is 8.92. The first-order chi connectivity index (χ1) is 11.6. The van der Waals surface area contributed by atoms with Gasteiger partial charge in [0.15, 0.2) is 0 Å². The molecule has 1 heterocycles. The van der Waals surface area contributed by atoms with Gasteiger partial charge in [-0.1, -0.05) is 63.5 Å². The number of halogens is 1. The molecular weight excluding hydrogens is 326 g/mol. The quantitative estimate of drug-likeness (QED) is 0.395. The largest absolute Gasteiger partial charge is 0.491 e. The van der Waals surface area contributed by atoms with Crippen LogP contribution in [0.2, 0.25) is 5.02 Å². The fourth-order valence-electron chi connectivity index (χ4n) is 2.88. The van der Waals surface area contributed by atoms with Gasteiger partial charge >= 0.3 is 13.1 Å². The lowest BCUT2D eigenvalue weighted by Crippen LogP contribution is -2.29. The minimum atomic E-state index is -0.989. The maximum Gasteiger partial charge on any atom is 0.491 e. The van der Waals surface area contributed by atoms with E-state index >= 15 is 0 Å². The van der Waals surface area contributed by atoms with E-state index in [2.05, 4.69) is 6.92 Å². The smallest absolute Gasteiger partial charge is 0.462 e. The Morgan fingerprint density at radius 3 is 2.58 bits per heavy atom. The van der Waals surface area contributed by atoms with E-state index in [0.29, 0.717) is 29.3 Å². The van der Waals surface area contributed by atoms with Gasteiger partial charge in [-0.15, -0.1) is 0 Å². The van der Waals surface area contributed by atoms with E-state index in [-0.39, 0.29) is 0 Å². The SMILES string of the molecule is CCCCCCCCCCOC(=O)c1cc2c(cc1Cl)COB2O. The van der Waals surface area contributed by atoms with Gasteiger partial charge in [-0.05, 0) is 29.6 Å². The zero-order valence-electron chi connectivity index (χ0n) is 14.4. The van der Waals surface area contributed by atoms with Gasteiger partial charge in [0.2, 0.25) is 0 Å². The van der Waals surface area contributed by atoms with Crippen LogP contribution in [0.15, 0.2) is 12.1 Å². The zero-order valence-corrected chi connectivity index (χ0v) is 15.1. The number of fused-ring (bicyclic) bond motifs is 1. The molecule has 1 aliphatic rings. The van der Waals surface area contributed by atoms with Gasteiger partial charge in [0.1, 0.15) is 0 Å². The van der Waals surface area contributed by atoms with Crippen LogP contribution in [0.1, 0.15) is 74.2 Å². The third kappa shape index (κ3) is 5.50. The topological polar surface area (TPSA) is 55.8 Å². The highest BCUT2D eigenvalue weighted by Gasteiger charge is 2.29. The zero-order chi connectivity index (χ0) is 17.4. The lowest BCUT2D eigenvalue weighted by molar-refractivity contribution is 0.0498. The van der Waals surface area contributed by atoms with Crippen LogP contribution < -0.4 is 5.46 Å². The Morgan fingerprint density at radius 1 is 1.21 bits per heavy atom. The molecule has 0 radical (unpaired) electrons. The molecule has 0 aliphatic carbocycles. The van der Waals surface area contributed by atoms with Gasteiger partial charge in [0, 0.05) is 0 Å². The summed E-state index contributed by atoms with van der Waals surface area (Å²) in [4.78, 5) is 12.2. The number of carbonyl (C=O) groups excluding carboxylic acids is 1. The van der Waals surface area contributed by atoms with Crippen molar-refractivity contribution in [2.24, 2.45) is 0 Å². The van der Waals surface area contributed by atoms with Gasteiger partial charge in [0.05, 0.1) is 23.8 Å². The molecular formula is C18H26BClO4. The summed E-state index contributed by atoms with van der Waals surface area (Å²) >= 11 is 6.14. The molecule has 0 aromatic heterocycles. The number of unbranched alkanes of at least 4 members (excludes halogenated alkanes) is 7. The Labute approximate surface area is 149 Å². The molecule has 0 saturated carbocycles. The average Bonchev–Trinajstić information content (AvgIpc) is 2.92. The highest BCUT2D eigenvalue weighted by atomic mass is 35.5. The van der Waals surface area contributed by atoms with Crippen molar-refractivity contribution in [2.75, 3.05) is 6.61 Å². The highest BCUT2D eigenvalue weighted by Crippen LogP contribution is 2.21. The van der Waals surface area contributed by atoms with Gasteiger partial charge < -0.3 is 14.4 Å². The lowest BCUT2D eigenvalue weighted by atomic mass is 9.79. The fourth-order valence-corrected chi connectivity index (χ4v) is 3.14. The molecule has 0 bridgehead atoms. The van der Waals surface area contributed by atoms with Crippen LogP contribution in [0.25, 0.3) is 0 Å². The minimum absolute atomic E-state index is 0.291. The lowest BCUT2D eigenvalue weighted by Gasteiger charge is -2.08. The summed E-state index contributed by atoms with van der Waals surface area (Å²) < 4.78 is 10.4. The third-order valence-corrected chi connectivity index (χ3v) is 4.66. The van der Waals surface area contributed by atoms with Crippen molar-refractivity contribution < 1.29 is 19.2 Å².